The molecule has 0 heterocycles. The van der Waals surface area contributed by atoms with Gasteiger partial charge in [0.1, 0.15) is 11.5 Å². The van der Waals surface area contributed by atoms with E-state index in [1.807, 2.05) is 6.92 Å². The second-order valence-electron chi connectivity index (χ2n) is 5.44. The van der Waals surface area contributed by atoms with E-state index in [0.717, 1.165) is 5.56 Å². The summed E-state index contributed by atoms with van der Waals surface area (Å²) in [6, 6.07) is 11.3. The standard InChI is InChI=1S/C18H20N2O5/c1-4-17(25-15-7-5-6-14(11-15)24-3)18(21)19-16-10-13(20(22)23)9-8-12(16)2/h5-11,17H,4H2,1-3H3,(H,19,21)/t17-/m1/s1. The van der Waals surface area contributed by atoms with Crippen LogP contribution in [-0.4, -0.2) is 24.0 Å². The number of carbonyl (C=O) groups is 1. The molecule has 7 heteroatoms. The third-order valence-corrected chi connectivity index (χ3v) is 3.67. The lowest BCUT2D eigenvalue weighted by Gasteiger charge is -2.18. The van der Waals surface area contributed by atoms with Crippen molar-refractivity contribution in [2.75, 3.05) is 12.4 Å². The number of ether oxygens (including phenoxy) is 2. The highest BCUT2D eigenvalue weighted by molar-refractivity contribution is 5.95. The molecule has 0 fully saturated rings. The van der Waals surface area contributed by atoms with Gasteiger partial charge in [0.15, 0.2) is 6.10 Å². The molecule has 1 atom stereocenters. The highest BCUT2D eigenvalue weighted by atomic mass is 16.6. The van der Waals surface area contributed by atoms with Crippen LogP contribution in [0.25, 0.3) is 0 Å². The second-order valence-corrected chi connectivity index (χ2v) is 5.44. The molecular formula is C18H20N2O5. The molecule has 0 saturated heterocycles. The molecule has 0 radical (unpaired) electrons. The number of nitro groups is 1. The van der Waals surface area contributed by atoms with E-state index in [-0.39, 0.29) is 11.6 Å². The van der Waals surface area contributed by atoms with Gasteiger partial charge < -0.3 is 14.8 Å². The quantitative estimate of drug-likeness (QED) is 0.611. The van der Waals surface area contributed by atoms with Crippen molar-refractivity contribution in [2.24, 2.45) is 0 Å². The van der Waals surface area contributed by atoms with Crippen LogP contribution in [0, 0.1) is 17.0 Å². The van der Waals surface area contributed by atoms with E-state index in [9.17, 15) is 14.9 Å². The van der Waals surface area contributed by atoms with Crippen LogP contribution in [0.1, 0.15) is 18.9 Å². The van der Waals surface area contributed by atoms with Crippen LogP contribution in [0.3, 0.4) is 0 Å². The van der Waals surface area contributed by atoms with Crippen LogP contribution in [-0.2, 0) is 4.79 Å². The maximum absolute atomic E-state index is 12.5. The number of nitrogens with one attached hydrogen (secondary N) is 1. The SMILES string of the molecule is CC[C@@H](Oc1cccc(OC)c1)C(=O)Nc1cc([N+](=O)[O-])ccc1C. The zero-order valence-electron chi connectivity index (χ0n) is 14.3. The number of nitro benzene ring substituents is 1. The van der Waals surface area contributed by atoms with Crippen LogP contribution in [0.15, 0.2) is 42.5 Å². The summed E-state index contributed by atoms with van der Waals surface area (Å²) in [4.78, 5) is 22.9. The summed E-state index contributed by atoms with van der Waals surface area (Å²) in [7, 11) is 1.55. The van der Waals surface area contributed by atoms with Crippen molar-refractivity contribution in [1.82, 2.24) is 0 Å². The van der Waals surface area contributed by atoms with E-state index in [2.05, 4.69) is 5.32 Å². The van der Waals surface area contributed by atoms with Crippen molar-refractivity contribution in [2.45, 2.75) is 26.4 Å². The average molecular weight is 344 g/mol. The van der Waals surface area contributed by atoms with Gasteiger partial charge in [-0.3, -0.25) is 14.9 Å². The van der Waals surface area contributed by atoms with Crippen molar-refractivity contribution in [3.63, 3.8) is 0 Å². The summed E-state index contributed by atoms with van der Waals surface area (Å²) in [6.07, 6.45) is -0.289. The summed E-state index contributed by atoms with van der Waals surface area (Å²) in [6.45, 7) is 3.59. The molecule has 7 nitrogen and oxygen atoms in total. The summed E-state index contributed by atoms with van der Waals surface area (Å²) in [5, 5.41) is 13.6. The molecule has 2 aromatic rings. The molecule has 1 amide bonds. The Morgan fingerprint density at radius 1 is 1.24 bits per heavy atom. The Morgan fingerprint density at radius 3 is 2.60 bits per heavy atom. The molecule has 0 aliphatic carbocycles. The molecular weight excluding hydrogens is 324 g/mol. The number of amides is 1. The van der Waals surface area contributed by atoms with Crippen molar-refractivity contribution in [3.05, 3.63) is 58.1 Å². The summed E-state index contributed by atoms with van der Waals surface area (Å²) < 4.78 is 10.9. The maximum atomic E-state index is 12.5. The minimum Gasteiger partial charge on any atom is -0.497 e. The molecule has 0 aliphatic heterocycles. The van der Waals surface area contributed by atoms with Gasteiger partial charge in [-0.1, -0.05) is 19.1 Å². The minimum atomic E-state index is -0.731. The molecule has 25 heavy (non-hydrogen) atoms. The van der Waals surface area contributed by atoms with Gasteiger partial charge in [0, 0.05) is 18.2 Å². The number of hydrogen-bond donors (Lipinski definition) is 1. The van der Waals surface area contributed by atoms with E-state index in [0.29, 0.717) is 23.6 Å². The number of anilines is 1. The van der Waals surface area contributed by atoms with Crippen LogP contribution in [0.5, 0.6) is 11.5 Å². The second kappa shape index (κ2) is 8.14. The fourth-order valence-electron chi connectivity index (χ4n) is 2.23. The Kier molecular flexibility index (Phi) is 5.94. The predicted molar refractivity (Wildman–Crippen MR) is 94.2 cm³/mol. The van der Waals surface area contributed by atoms with Crippen molar-refractivity contribution in [3.8, 4) is 11.5 Å². The van der Waals surface area contributed by atoms with E-state index in [4.69, 9.17) is 9.47 Å². The smallest absolute Gasteiger partial charge is 0.271 e. The lowest BCUT2D eigenvalue weighted by atomic mass is 10.1. The normalized spacial score (nSPS) is 11.5. The molecule has 0 bridgehead atoms. The van der Waals surface area contributed by atoms with Crippen molar-refractivity contribution >= 4 is 17.3 Å². The lowest BCUT2D eigenvalue weighted by molar-refractivity contribution is -0.384. The lowest BCUT2D eigenvalue weighted by Crippen LogP contribution is -2.32. The fraction of sp³-hybridized carbons (Fsp3) is 0.278. The number of nitrogens with zero attached hydrogens (tertiary/aromatic N) is 1. The van der Waals surface area contributed by atoms with E-state index >= 15 is 0 Å². The fourth-order valence-corrected chi connectivity index (χ4v) is 2.23. The number of non-ortho nitro benzene ring substituents is 1. The Morgan fingerprint density at radius 2 is 1.96 bits per heavy atom. The average Bonchev–Trinajstić information content (AvgIpc) is 2.61. The van der Waals surface area contributed by atoms with Gasteiger partial charge in [0.05, 0.1) is 17.7 Å². The highest BCUT2D eigenvalue weighted by Gasteiger charge is 2.20. The predicted octanol–water partition coefficient (Wildman–Crippen LogP) is 3.71. The third kappa shape index (κ3) is 4.69. The number of hydrogen-bond acceptors (Lipinski definition) is 5. The van der Waals surface area contributed by atoms with Crippen molar-refractivity contribution in [1.29, 1.82) is 0 Å². The number of aryl methyl sites for hydroxylation is 1. The van der Waals surface area contributed by atoms with Gasteiger partial charge >= 0.3 is 0 Å². The molecule has 2 rings (SSSR count). The topological polar surface area (TPSA) is 90.7 Å². The number of benzene rings is 2. The molecule has 0 saturated carbocycles. The van der Waals surface area contributed by atoms with E-state index in [1.54, 1.807) is 44.4 Å². The van der Waals surface area contributed by atoms with E-state index in [1.165, 1.54) is 12.1 Å². The first-order valence-electron chi connectivity index (χ1n) is 7.81. The molecule has 0 aliphatic rings. The Bertz CT molecular complexity index is 776. The third-order valence-electron chi connectivity index (χ3n) is 3.67. The van der Waals surface area contributed by atoms with Crippen LogP contribution < -0.4 is 14.8 Å². The first kappa shape index (κ1) is 18.3. The maximum Gasteiger partial charge on any atom is 0.271 e. The molecule has 0 unspecified atom stereocenters. The first-order valence-corrected chi connectivity index (χ1v) is 7.81. The molecule has 2 aromatic carbocycles. The number of methoxy groups -OCH3 is 1. The Hall–Kier alpha value is -3.09. The number of carbonyl (C=O) groups excluding carboxylic acids is 1. The monoisotopic (exact) mass is 344 g/mol. The largest absolute Gasteiger partial charge is 0.497 e. The van der Waals surface area contributed by atoms with Crippen LogP contribution in [0.2, 0.25) is 0 Å². The molecule has 0 aromatic heterocycles. The summed E-state index contributed by atoms with van der Waals surface area (Å²) >= 11 is 0. The zero-order chi connectivity index (χ0) is 18.4. The molecule has 0 spiro atoms. The highest BCUT2D eigenvalue weighted by Crippen LogP contribution is 2.24. The van der Waals surface area contributed by atoms with Gasteiger partial charge in [0.25, 0.3) is 11.6 Å². The van der Waals surface area contributed by atoms with Crippen LogP contribution in [0.4, 0.5) is 11.4 Å². The summed E-state index contributed by atoms with van der Waals surface area (Å²) in [5.74, 6) is 0.772. The number of rotatable bonds is 7. The Balaban J connectivity index is 2.14. The van der Waals surface area contributed by atoms with Gasteiger partial charge in [-0.25, -0.2) is 0 Å². The minimum absolute atomic E-state index is 0.0809. The van der Waals surface area contributed by atoms with Gasteiger partial charge in [-0.2, -0.15) is 0 Å². The Labute approximate surface area is 145 Å². The van der Waals surface area contributed by atoms with Gasteiger partial charge in [-0.15, -0.1) is 0 Å². The molecule has 132 valence electrons. The van der Waals surface area contributed by atoms with Gasteiger partial charge in [0.2, 0.25) is 0 Å². The first-order chi connectivity index (χ1) is 11.9. The van der Waals surface area contributed by atoms with Gasteiger partial charge in [-0.05, 0) is 31.0 Å². The van der Waals surface area contributed by atoms with Crippen LogP contribution >= 0.6 is 0 Å². The van der Waals surface area contributed by atoms with Crippen molar-refractivity contribution < 1.29 is 19.2 Å². The summed E-state index contributed by atoms with van der Waals surface area (Å²) in [5.41, 5.74) is 1.05. The van der Waals surface area contributed by atoms with E-state index < -0.39 is 11.0 Å². The zero-order valence-corrected chi connectivity index (χ0v) is 14.3. The molecule has 1 N–H and O–H groups in total.